The molecule has 0 bridgehead atoms. The van der Waals surface area contributed by atoms with E-state index in [1.165, 1.54) is 24.3 Å². The van der Waals surface area contributed by atoms with Crippen molar-refractivity contribution in [2.45, 2.75) is 74.7 Å². The van der Waals surface area contributed by atoms with Crippen molar-refractivity contribution in [3.8, 4) is 0 Å². The molecule has 1 amide bonds. The van der Waals surface area contributed by atoms with Gasteiger partial charge in [-0.05, 0) is 79.3 Å². The quantitative estimate of drug-likeness (QED) is 0.569. The largest absolute Gasteiger partial charge is 0.423 e. The van der Waals surface area contributed by atoms with Crippen molar-refractivity contribution < 1.29 is 32.6 Å². The molecule has 2 aromatic carbocycles. The molecule has 4 nitrogen and oxygen atoms in total. The summed E-state index contributed by atoms with van der Waals surface area (Å²) in [7, 11) is 0. The summed E-state index contributed by atoms with van der Waals surface area (Å²) in [5.74, 6) is -0.505. The SMILES string of the molecule is CC1(c2ccc(F)cc2)CCC(N(C(=O)c2ccc(C(O)(CO)C(F)(F)F)cc2)C2CC2)CC1. The second-order valence-corrected chi connectivity index (χ2v) is 9.84. The van der Waals surface area contributed by atoms with Crippen LogP contribution in [0.25, 0.3) is 0 Å². The Morgan fingerprint density at radius 1 is 0.971 bits per heavy atom. The highest BCUT2D eigenvalue weighted by molar-refractivity contribution is 5.95. The number of nitrogens with zero attached hydrogens (tertiary/aromatic N) is 1. The number of rotatable bonds is 6. The van der Waals surface area contributed by atoms with E-state index in [1.807, 2.05) is 17.0 Å². The first-order valence-corrected chi connectivity index (χ1v) is 11.6. The summed E-state index contributed by atoms with van der Waals surface area (Å²) in [5, 5.41) is 19.1. The summed E-state index contributed by atoms with van der Waals surface area (Å²) >= 11 is 0. The number of carbonyl (C=O) groups is 1. The number of carbonyl (C=O) groups excluding carboxylic acids is 1. The molecule has 4 rings (SSSR count). The minimum atomic E-state index is -5.05. The summed E-state index contributed by atoms with van der Waals surface area (Å²) in [6, 6.07) is 11.4. The van der Waals surface area contributed by atoms with E-state index >= 15 is 0 Å². The van der Waals surface area contributed by atoms with E-state index in [4.69, 9.17) is 5.11 Å². The minimum Gasteiger partial charge on any atom is -0.393 e. The second-order valence-electron chi connectivity index (χ2n) is 9.84. The molecule has 2 fully saturated rings. The molecule has 1 unspecified atom stereocenters. The Hall–Kier alpha value is -2.45. The number of hydrogen-bond donors (Lipinski definition) is 2. The summed E-state index contributed by atoms with van der Waals surface area (Å²) in [4.78, 5) is 15.2. The average molecular weight is 480 g/mol. The van der Waals surface area contributed by atoms with Gasteiger partial charge in [0.2, 0.25) is 5.60 Å². The van der Waals surface area contributed by atoms with Gasteiger partial charge in [0.15, 0.2) is 0 Å². The Balaban J connectivity index is 1.49. The van der Waals surface area contributed by atoms with Gasteiger partial charge in [0.25, 0.3) is 5.91 Å². The first-order valence-electron chi connectivity index (χ1n) is 11.6. The molecule has 2 N–H and O–H groups in total. The summed E-state index contributed by atoms with van der Waals surface area (Å²) in [6.45, 7) is 0.647. The van der Waals surface area contributed by atoms with Crippen LogP contribution in [-0.2, 0) is 11.0 Å². The van der Waals surface area contributed by atoms with E-state index in [0.29, 0.717) is 0 Å². The van der Waals surface area contributed by atoms with Crippen molar-refractivity contribution in [2.24, 2.45) is 0 Å². The molecule has 184 valence electrons. The third-order valence-corrected chi connectivity index (χ3v) is 7.48. The predicted octanol–water partition coefficient (Wildman–Crippen LogP) is 5.07. The van der Waals surface area contributed by atoms with Crippen LogP contribution in [0, 0.1) is 5.82 Å². The van der Waals surface area contributed by atoms with Gasteiger partial charge in [-0.2, -0.15) is 13.2 Å². The van der Waals surface area contributed by atoms with Crippen molar-refractivity contribution in [1.82, 2.24) is 4.90 Å². The topological polar surface area (TPSA) is 60.8 Å². The van der Waals surface area contributed by atoms with Gasteiger partial charge in [-0.3, -0.25) is 4.79 Å². The zero-order valence-electron chi connectivity index (χ0n) is 19.0. The monoisotopic (exact) mass is 479 g/mol. The highest BCUT2D eigenvalue weighted by Gasteiger charge is 2.54. The number of aliphatic hydroxyl groups excluding tert-OH is 1. The minimum absolute atomic E-state index is 0.0257. The molecule has 0 aliphatic heterocycles. The maximum Gasteiger partial charge on any atom is 0.423 e. The first kappa shape index (κ1) is 24.7. The zero-order chi connectivity index (χ0) is 24.7. The molecule has 2 aromatic rings. The predicted molar refractivity (Wildman–Crippen MR) is 119 cm³/mol. The summed E-state index contributed by atoms with van der Waals surface area (Å²) in [6.07, 6.45) is -0.00481. The van der Waals surface area contributed by atoms with Crippen LogP contribution in [0.3, 0.4) is 0 Å². The number of halogens is 4. The molecule has 0 spiro atoms. The lowest BCUT2D eigenvalue weighted by Gasteiger charge is -2.42. The van der Waals surface area contributed by atoms with E-state index in [0.717, 1.165) is 56.2 Å². The molecule has 2 saturated carbocycles. The van der Waals surface area contributed by atoms with Crippen LogP contribution in [0.1, 0.15) is 66.9 Å². The van der Waals surface area contributed by atoms with E-state index < -0.39 is 23.9 Å². The van der Waals surface area contributed by atoms with E-state index in [1.54, 1.807) is 0 Å². The zero-order valence-corrected chi connectivity index (χ0v) is 19.0. The summed E-state index contributed by atoms with van der Waals surface area (Å²) in [5.41, 5.74) is -2.65. The molecule has 1 atom stereocenters. The van der Waals surface area contributed by atoms with Crippen molar-refractivity contribution in [2.75, 3.05) is 6.61 Å². The lowest BCUT2D eigenvalue weighted by molar-refractivity contribution is -0.277. The first-order chi connectivity index (χ1) is 16.0. The van der Waals surface area contributed by atoms with Gasteiger partial charge in [0.05, 0.1) is 6.61 Å². The van der Waals surface area contributed by atoms with Gasteiger partial charge in [0.1, 0.15) is 5.82 Å². The molecule has 0 radical (unpaired) electrons. The molecule has 0 saturated heterocycles. The average Bonchev–Trinajstić information content (AvgIpc) is 3.65. The lowest BCUT2D eigenvalue weighted by atomic mass is 9.69. The van der Waals surface area contributed by atoms with Crippen molar-refractivity contribution in [1.29, 1.82) is 0 Å². The van der Waals surface area contributed by atoms with Gasteiger partial charge in [0, 0.05) is 17.6 Å². The highest BCUT2D eigenvalue weighted by Crippen LogP contribution is 2.43. The van der Waals surface area contributed by atoms with Crippen molar-refractivity contribution in [3.05, 3.63) is 71.0 Å². The fourth-order valence-electron chi connectivity index (χ4n) is 5.02. The molecular weight excluding hydrogens is 450 g/mol. The van der Waals surface area contributed by atoms with Crippen LogP contribution >= 0.6 is 0 Å². The van der Waals surface area contributed by atoms with Crippen LogP contribution in [0.15, 0.2) is 48.5 Å². The molecule has 2 aliphatic carbocycles. The number of amides is 1. The van der Waals surface area contributed by atoms with Crippen LogP contribution in [-0.4, -0.2) is 45.9 Å². The Morgan fingerprint density at radius 3 is 1.97 bits per heavy atom. The molecule has 0 aromatic heterocycles. The van der Waals surface area contributed by atoms with E-state index in [9.17, 15) is 27.5 Å². The number of aliphatic hydroxyl groups is 2. The Kier molecular flexibility index (Phi) is 6.50. The Morgan fingerprint density at radius 2 is 1.50 bits per heavy atom. The normalized spacial score (nSPS) is 25.0. The maximum absolute atomic E-state index is 13.4. The highest BCUT2D eigenvalue weighted by atomic mass is 19.4. The van der Waals surface area contributed by atoms with Crippen LogP contribution < -0.4 is 0 Å². The smallest absolute Gasteiger partial charge is 0.393 e. The molecule has 8 heteroatoms. The Bertz CT molecular complexity index is 1010. The second kappa shape index (κ2) is 8.96. The third-order valence-electron chi connectivity index (χ3n) is 7.48. The maximum atomic E-state index is 13.4. The number of benzene rings is 2. The van der Waals surface area contributed by atoms with Crippen LogP contribution in [0.5, 0.6) is 0 Å². The third kappa shape index (κ3) is 4.58. The fourth-order valence-corrected chi connectivity index (χ4v) is 5.02. The Labute approximate surface area is 196 Å². The summed E-state index contributed by atoms with van der Waals surface area (Å²) < 4.78 is 53.0. The molecule has 0 heterocycles. The molecular formula is C26H29F4NO3. The molecule has 34 heavy (non-hydrogen) atoms. The van der Waals surface area contributed by atoms with E-state index in [-0.39, 0.29) is 34.8 Å². The molecule has 2 aliphatic rings. The van der Waals surface area contributed by atoms with Crippen molar-refractivity contribution >= 4 is 5.91 Å². The van der Waals surface area contributed by atoms with Crippen molar-refractivity contribution in [3.63, 3.8) is 0 Å². The standard InChI is InChI=1S/C26H29F4NO3/c1-24(18-6-8-20(27)9-7-18)14-12-22(13-15-24)31(21-10-11-21)23(33)17-2-4-19(5-3-17)25(34,16-32)26(28,29)30/h2-9,21-22,32,34H,10-16H2,1H3. The fraction of sp³-hybridized carbons (Fsp3) is 0.500. The van der Waals surface area contributed by atoms with Gasteiger partial charge >= 0.3 is 6.18 Å². The lowest BCUT2D eigenvalue weighted by Crippen LogP contribution is -2.46. The van der Waals surface area contributed by atoms with Gasteiger partial charge in [-0.1, -0.05) is 31.2 Å². The number of alkyl halides is 3. The van der Waals surface area contributed by atoms with Gasteiger partial charge in [-0.25, -0.2) is 4.39 Å². The van der Waals surface area contributed by atoms with Crippen LogP contribution in [0.4, 0.5) is 17.6 Å². The van der Waals surface area contributed by atoms with Gasteiger partial charge in [-0.15, -0.1) is 0 Å². The van der Waals surface area contributed by atoms with Crippen LogP contribution in [0.2, 0.25) is 0 Å². The van der Waals surface area contributed by atoms with E-state index in [2.05, 4.69) is 6.92 Å². The van der Waals surface area contributed by atoms with Gasteiger partial charge < -0.3 is 15.1 Å². The number of hydrogen-bond acceptors (Lipinski definition) is 3.